The van der Waals surface area contributed by atoms with Crippen LogP contribution in [0.3, 0.4) is 0 Å². The zero-order valence-corrected chi connectivity index (χ0v) is 7.03. The Morgan fingerprint density at radius 3 is 2.58 bits per heavy atom. The van der Waals surface area contributed by atoms with Crippen molar-refractivity contribution in [2.24, 2.45) is 0 Å². The van der Waals surface area contributed by atoms with Crippen LogP contribution in [0.5, 0.6) is 0 Å². The Labute approximate surface area is 73.1 Å². The molecule has 2 heteroatoms. The number of ether oxygens (including phenoxy) is 2. The van der Waals surface area contributed by atoms with E-state index in [4.69, 9.17) is 4.74 Å². The summed E-state index contributed by atoms with van der Waals surface area (Å²) in [5.41, 5.74) is 1.28. The maximum atomic E-state index is 5.10. The molecule has 0 unspecified atom stereocenters. The van der Waals surface area contributed by atoms with Gasteiger partial charge in [0.05, 0.1) is 13.7 Å². The lowest BCUT2D eigenvalue weighted by molar-refractivity contribution is -0.0128. The van der Waals surface area contributed by atoms with Crippen LogP contribution >= 0.6 is 0 Å². The second kappa shape index (κ2) is 5.75. The summed E-state index contributed by atoms with van der Waals surface area (Å²) in [7, 11) is 3.21. The second-order valence-corrected chi connectivity index (χ2v) is 2.47. The predicted molar refractivity (Wildman–Crippen MR) is 47.4 cm³/mol. The number of rotatable bonds is 5. The zero-order valence-electron chi connectivity index (χ0n) is 7.03. The van der Waals surface area contributed by atoms with E-state index in [0.29, 0.717) is 6.61 Å². The summed E-state index contributed by atoms with van der Waals surface area (Å²) in [5.74, 6) is 0. The molecule has 0 saturated heterocycles. The Balaban J connectivity index is 2.16. The molecule has 0 atom stereocenters. The van der Waals surface area contributed by atoms with Crippen LogP contribution in [0, 0.1) is 7.11 Å². The van der Waals surface area contributed by atoms with Crippen LogP contribution in [-0.2, 0) is 15.9 Å². The summed E-state index contributed by atoms with van der Waals surface area (Å²) >= 11 is 0. The minimum Gasteiger partial charge on any atom is -0.355 e. The Kier molecular flexibility index (Phi) is 4.42. The monoisotopic (exact) mass is 165 g/mol. The van der Waals surface area contributed by atoms with Crippen molar-refractivity contribution in [2.45, 2.75) is 6.42 Å². The summed E-state index contributed by atoms with van der Waals surface area (Å²) in [4.78, 5) is 0. The van der Waals surface area contributed by atoms with Crippen molar-refractivity contribution in [2.75, 3.05) is 13.4 Å². The van der Waals surface area contributed by atoms with Gasteiger partial charge in [-0.05, 0) is 12.0 Å². The molecule has 0 spiro atoms. The summed E-state index contributed by atoms with van der Waals surface area (Å²) in [6, 6.07) is 10.2. The van der Waals surface area contributed by atoms with E-state index in [2.05, 4.69) is 24.0 Å². The van der Waals surface area contributed by atoms with Gasteiger partial charge in [-0.3, -0.25) is 0 Å². The van der Waals surface area contributed by atoms with E-state index in [1.807, 2.05) is 18.2 Å². The molecule has 0 fully saturated rings. The summed E-state index contributed by atoms with van der Waals surface area (Å²) < 4.78 is 9.61. The van der Waals surface area contributed by atoms with Gasteiger partial charge in [-0.25, -0.2) is 0 Å². The van der Waals surface area contributed by atoms with Gasteiger partial charge in [0, 0.05) is 0 Å². The molecule has 1 aromatic carbocycles. The number of hydrogen-bond donors (Lipinski definition) is 0. The van der Waals surface area contributed by atoms with E-state index in [1.165, 1.54) is 5.56 Å². The van der Waals surface area contributed by atoms with Gasteiger partial charge in [0.25, 0.3) is 0 Å². The van der Waals surface area contributed by atoms with E-state index in [-0.39, 0.29) is 6.79 Å². The molecule has 0 aliphatic carbocycles. The highest BCUT2D eigenvalue weighted by Crippen LogP contribution is 1.99. The van der Waals surface area contributed by atoms with Crippen LogP contribution in [0.15, 0.2) is 30.3 Å². The standard InChI is InChI=1S/C10H13O2/c1-11-9-12-8-7-10-5-3-2-4-6-10/h2-6H,1,7-9H2. The molecule has 0 N–H and O–H groups in total. The Morgan fingerprint density at radius 1 is 1.17 bits per heavy atom. The van der Waals surface area contributed by atoms with Gasteiger partial charge >= 0.3 is 0 Å². The molecule has 0 bridgehead atoms. The molecule has 1 rings (SSSR count). The molecule has 0 amide bonds. The van der Waals surface area contributed by atoms with Gasteiger partial charge in [0.2, 0.25) is 0 Å². The van der Waals surface area contributed by atoms with Crippen molar-refractivity contribution in [3.63, 3.8) is 0 Å². The SMILES string of the molecule is [CH2]OCOCCc1ccccc1. The van der Waals surface area contributed by atoms with E-state index < -0.39 is 0 Å². The van der Waals surface area contributed by atoms with Crippen LogP contribution in [0.4, 0.5) is 0 Å². The highest BCUT2D eigenvalue weighted by atomic mass is 16.7. The minimum absolute atomic E-state index is 0.271. The molecule has 65 valence electrons. The third-order valence-electron chi connectivity index (χ3n) is 1.54. The van der Waals surface area contributed by atoms with Gasteiger partial charge in [-0.1, -0.05) is 30.3 Å². The first-order chi connectivity index (χ1) is 5.93. The van der Waals surface area contributed by atoms with Gasteiger partial charge in [-0.15, -0.1) is 0 Å². The third kappa shape index (κ3) is 3.51. The molecule has 0 heterocycles. The minimum atomic E-state index is 0.271. The molecular weight excluding hydrogens is 152 g/mol. The van der Waals surface area contributed by atoms with Gasteiger partial charge in [0.15, 0.2) is 0 Å². The largest absolute Gasteiger partial charge is 0.355 e. The van der Waals surface area contributed by atoms with Crippen molar-refractivity contribution in [3.8, 4) is 0 Å². The number of hydrogen-bond acceptors (Lipinski definition) is 2. The zero-order chi connectivity index (χ0) is 8.65. The van der Waals surface area contributed by atoms with Crippen molar-refractivity contribution < 1.29 is 9.47 Å². The molecule has 0 aromatic heterocycles. The first-order valence-electron chi connectivity index (χ1n) is 3.92. The maximum Gasteiger partial charge on any atom is 0.146 e. The van der Waals surface area contributed by atoms with Crippen molar-refractivity contribution in [1.29, 1.82) is 0 Å². The van der Waals surface area contributed by atoms with E-state index in [1.54, 1.807) is 0 Å². The first-order valence-corrected chi connectivity index (χ1v) is 3.92. The molecule has 2 nitrogen and oxygen atoms in total. The normalized spacial score (nSPS) is 10.1. The summed E-state index contributed by atoms with van der Waals surface area (Å²) in [6.07, 6.45) is 0.921. The lowest BCUT2D eigenvalue weighted by Crippen LogP contribution is -2.00. The quantitative estimate of drug-likeness (QED) is 0.491. The molecule has 0 aliphatic rings. The molecular formula is C10H13O2. The Morgan fingerprint density at radius 2 is 1.92 bits per heavy atom. The Bertz CT molecular complexity index is 196. The van der Waals surface area contributed by atoms with Gasteiger partial charge < -0.3 is 9.47 Å². The lowest BCUT2D eigenvalue weighted by Gasteiger charge is -2.01. The van der Waals surface area contributed by atoms with Gasteiger partial charge in [-0.2, -0.15) is 0 Å². The van der Waals surface area contributed by atoms with E-state index in [0.717, 1.165) is 6.42 Å². The fraction of sp³-hybridized carbons (Fsp3) is 0.300. The van der Waals surface area contributed by atoms with Crippen molar-refractivity contribution in [3.05, 3.63) is 43.0 Å². The first kappa shape index (κ1) is 9.23. The summed E-state index contributed by atoms with van der Waals surface area (Å²) in [6.45, 7) is 0.951. The van der Waals surface area contributed by atoms with Gasteiger partial charge in [0.1, 0.15) is 6.79 Å². The topological polar surface area (TPSA) is 18.5 Å². The third-order valence-corrected chi connectivity index (χ3v) is 1.54. The smallest absolute Gasteiger partial charge is 0.146 e. The maximum absolute atomic E-state index is 5.10. The summed E-state index contributed by atoms with van der Waals surface area (Å²) in [5, 5.41) is 0. The Hall–Kier alpha value is -0.860. The number of benzene rings is 1. The van der Waals surface area contributed by atoms with E-state index >= 15 is 0 Å². The van der Waals surface area contributed by atoms with Crippen LogP contribution in [0.1, 0.15) is 5.56 Å². The van der Waals surface area contributed by atoms with Crippen LogP contribution in [-0.4, -0.2) is 13.4 Å². The second-order valence-electron chi connectivity index (χ2n) is 2.47. The highest BCUT2D eigenvalue weighted by molar-refractivity contribution is 5.14. The fourth-order valence-electron chi connectivity index (χ4n) is 0.953. The van der Waals surface area contributed by atoms with Crippen molar-refractivity contribution in [1.82, 2.24) is 0 Å². The average molecular weight is 165 g/mol. The molecule has 12 heavy (non-hydrogen) atoms. The molecule has 1 aromatic rings. The average Bonchev–Trinajstić information content (AvgIpc) is 2.14. The van der Waals surface area contributed by atoms with Crippen LogP contribution in [0.25, 0.3) is 0 Å². The molecule has 0 saturated carbocycles. The van der Waals surface area contributed by atoms with Crippen LogP contribution < -0.4 is 0 Å². The van der Waals surface area contributed by atoms with Crippen molar-refractivity contribution >= 4 is 0 Å². The fourth-order valence-corrected chi connectivity index (χ4v) is 0.953. The highest BCUT2D eigenvalue weighted by Gasteiger charge is 1.90. The predicted octanol–water partition coefficient (Wildman–Crippen LogP) is 2.01. The lowest BCUT2D eigenvalue weighted by atomic mass is 10.2. The van der Waals surface area contributed by atoms with E-state index in [9.17, 15) is 0 Å². The van der Waals surface area contributed by atoms with Crippen LogP contribution in [0.2, 0.25) is 0 Å². The molecule has 1 radical (unpaired) electrons. The molecule has 0 aliphatic heterocycles.